The monoisotopic (exact) mass is 282 g/mol. The first kappa shape index (κ1) is 14.3. The minimum absolute atomic E-state index is 0.103. The van der Waals surface area contributed by atoms with Gasteiger partial charge in [0.25, 0.3) is 0 Å². The lowest BCUT2D eigenvalue weighted by Crippen LogP contribution is -2.25. The molecule has 0 heterocycles. The number of hydrogen-bond acceptors (Lipinski definition) is 3. The molecule has 0 aromatic heterocycles. The van der Waals surface area contributed by atoms with Crippen molar-refractivity contribution >= 4 is 15.7 Å². The minimum Gasteiger partial charge on any atom is -0.382 e. The van der Waals surface area contributed by atoms with E-state index in [1.165, 1.54) is 25.7 Å². The third-order valence-electron chi connectivity index (χ3n) is 3.71. The highest BCUT2D eigenvalue weighted by molar-refractivity contribution is 7.88. The summed E-state index contributed by atoms with van der Waals surface area (Å²) in [6.07, 6.45) is 4.97. The van der Waals surface area contributed by atoms with Crippen molar-refractivity contribution < 1.29 is 8.42 Å². The van der Waals surface area contributed by atoms with Gasteiger partial charge in [-0.2, -0.15) is 0 Å². The summed E-state index contributed by atoms with van der Waals surface area (Å²) < 4.78 is 22.0. The Kier molecular flexibility index (Phi) is 4.47. The number of nitrogens with one attached hydrogen (secondary N) is 1. The van der Waals surface area contributed by atoms with Crippen molar-refractivity contribution in [3.8, 4) is 0 Å². The fraction of sp³-hybridized carbons (Fsp3) is 0.571. The van der Waals surface area contributed by atoms with Crippen LogP contribution in [0, 0.1) is 5.92 Å². The quantitative estimate of drug-likeness (QED) is 0.891. The SMILES string of the molecule is CC1CCC(Nc2ccc(CS(N)(=O)=O)cc2)CC1. The van der Waals surface area contributed by atoms with Crippen molar-refractivity contribution in [2.75, 3.05) is 5.32 Å². The number of sulfonamides is 1. The van der Waals surface area contributed by atoms with Crippen LogP contribution in [-0.4, -0.2) is 14.5 Å². The molecule has 0 radical (unpaired) electrons. The summed E-state index contributed by atoms with van der Waals surface area (Å²) in [6, 6.07) is 8.04. The normalized spacial score (nSPS) is 24.1. The van der Waals surface area contributed by atoms with Crippen LogP contribution in [0.5, 0.6) is 0 Å². The lowest BCUT2D eigenvalue weighted by molar-refractivity contribution is 0.361. The Labute approximate surface area is 115 Å². The molecule has 0 amide bonds. The summed E-state index contributed by atoms with van der Waals surface area (Å²) in [7, 11) is -3.44. The maximum atomic E-state index is 11.0. The van der Waals surface area contributed by atoms with Crippen LogP contribution in [0.4, 0.5) is 5.69 Å². The van der Waals surface area contributed by atoms with E-state index in [0.717, 1.165) is 17.2 Å². The Hall–Kier alpha value is -1.07. The molecule has 1 aliphatic carbocycles. The van der Waals surface area contributed by atoms with Crippen LogP contribution in [0.2, 0.25) is 0 Å². The number of nitrogens with two attached hydrogens (primary N) is 1. The zero-order valence-electron chi connectivity index (χ0n) is 11.3. The first-order valence-electron chi connectivity index (χ1n) is 6.78. The fourth-order valence-corrected chi connectivity index (χ4v) is 3.23. The molecule has 5 heteroatoms. The first-order valence-corrected chi connectivity index (χ1v) is 8.50. The molecule has 1 saturated carbocycles. The average molecular weight is 282 g/mol. The maximum absolute atomic E-state index is 11.0. The highest BCUT2D eigenvalue weighted by Crippen LogP contribution is 2.26. The number of hydrogen-bond donors (Lipinski definition) is 2. The number of benzene rings is 1. The molecule has 3 N–H and O–H groups in total. The van der Waals surface area contributed by atoms with E-state index in [1.54, 1.807) is 0 Å². The Morgan fingerprint density at radius 2 is 1.74 bits per heavy atom. The third kappa shape index (κ3) is 4.84. The summed E-state index contributed by atoms with van der Waals surface area (Å²) >= 11 is 0. The molecule has 1 fully saturated rings. The molecule has 0 atom stereocenters. The van der Waals surface area contributed by atoms with Crippen LogP contribution in [0.25, 0.3) is 0 Å². The molecule has 1 aliphatic rings. The van der Waals surface area contributed by atoms with Crippen LogP contribution >= 0.6 is 0 Å². The van der Waals surface area contributed by atoms with Crippen molar-refractivity contribution in [2.45, 2.75) is 44.4 Å². The van der Waals surface area contributed by atoms with Crippen LogP contribution in [0.3, 0.4) is 0 Å². The van der Waals surface area contributed by atoms with Crippen LogP contribution in [0.1, 0.15) is 38.2 Å². The second kappa shape index (κ2) is 5.92. The van der Waals surface area contributed by atoms with Crippen molar-refractivity contribution in [2.24, 2.45) is 11.1 Å². The Morgan fingerprint density at radius 3 is 2.26 bits per heavy atom. The van der Waals surface area contributed by atoms with Gasteiger partial charge in [-0.3, -0.25) is 0 Å². The van der Waals surface area contributed by atoms with Gasteiger partial charge >= 0.3 is 0 Å². The number of rotatable bonds is 4. The predicted molar refractivity (Wildman–Crippen MR) is 78.3 cm³/mol. The van der Waals surface area contributed by atoms with Gasteiger partial charge in [0.05, 0.1) is 5.75 Å². The molecular weight excluding hydrogens is 260 g/mol. The van der Waals surface area contributed by atoms with Gasteiger partial charge in [0, 0.05) is 11.7 Å². The average Bonchev–Trinajstić information content (AvgIpc) is 2.33. The standard InChI is InChI=1S/C14H22N2O2S/c1-11-2-6-13(7-3-11)16-14-8-4-12(5-9-14)10-19(15,17)18/h4-5,8-9,11,13,16H,2-3,6-7,10H2,1H3,(H2,15,17,18). The topological polar surface area (TPSA) is 72.2 Å². The van der Waals surface area contributed by atoms with Gasteiger partial charge in [-0.05, 0) is 49.3 Å². The van der Waals surface area contributed by atoms with E-state index >= 15 is 0 Å². The molecule has 0 unspecified atom stereocenters. The number of anilines is 1. The van der Waals surface area contributed by atoms with E-state index in [9.17, 15) is 8.42 Å². The molecule has 0 spiro atoms. The highest BCUT2D eigenvalue weighted by atomic mass is 32.2. The fourth-order valence-electron chi connectivity index (χ4n) is 2.57. The summed E-state index contributed by atoms with van der Waals surface area (Å²) in [4.78, 5) is 0. The largest absolute Gasteiger partial charge is 0.382 e. The van der Waals surface area contributed by atoms with Gasteiger partial charge in [0.15, 0.2) is 0 Å². The van der Waals surface area contributed by atoms with Gasteiger partial charge in [0.2, 0.25) is 10.0 Å². The second-order valence-electron chi connectivity index (χ2n) is 5.61. The predicted octanol–water partition coefficient (Wildman–Crippen LogP) is 2.47. The van der Waals surface area contributed by atoms with Gasteiger partial charge in [-0.25, -0.2) is 13.6 Å². The summed E-state index contributed by atoms with van der Waals surface area (Å²) in [5.74, 6) is 0.740. The van der Waals surface area contributed by atoms with Gasteiger partial charge in [-0.1, -0.05) is 19.1 Å². The lowest BCUT2D eigenvalue weighted by atomic mass is 9.87. The molecule has 106 valence electrons. The van der Waals surface area contributed by atoms with Gasteiger partial charge < -0.3 is 5.32 Å². The molecule has 0 saturated heterocycles. The van der Waals surface area contributed by atoms with Crippen LogP contribution in [-0.2, 0) is 15.8 Å². The zero-order valence-corrected chi connectivity index (χ0v) is 12.1. The molecular formula is C14H22N2O2S. The van der Waals surface area contributed by atoms with Crippen LogP contribution < -0.4 is 10.5 Å². The molecule has 2 rings (SSSR count). The van der Waals surface area contributed by atoms with E-state index in [-0.39, 0.29) is 5.75 Å². The van der Waals surface area contributed by atoms with Gasteiger partial charge in [0.1, 0.15) is 0 Å². The summed E-state index contributed by atoms with van der Waals surface area (Å²) in [5, 5.41) is 8.54. The highest BCUT2D eigenvalue weighted by Gasteiger charge is 2.17. The van der Waals surface area contributed by atoms with Crippen LogP contribution in [0.15, 0.2) is 24.3 Å². The molecule has 4 nitrogen and oxygen atoms in total. The van der Waals surface area contributed by atoms with E-state index in [1.807, 2.05) is 24.3 Å². The summed E-state index contributed by atoms with van der Waals surface area (Å²) in [6.45, 7) is 2.30. The minimum atomic E-state index is -3.44. The second-order valence-corrected chi connectivity index (χ2v) is 7.22. The molecule has 1 aromatic rings. The van der Waals surface area contributed by atoms with E-state index < -0.39 is 10.0 Å². The van der Waals surface area contributed by atoms with E-state index in [4.69, 9.17) is 5.14 Å². The molecule has 19 heavy (non-hydrogen) atoms. The van der Waals surface area contributed by atoms with Gasteiger partial charge in [-0.15, -0.1) is 0 Å². The molecule has 0 bridgehead atoms. The lowest BCUT2D eigenvalue weighted by Gasteiger charge is -2.27. The molecule has 0 aliphatic heterocycles. The Balaban J connectivity index is 1.92. The smallest absolute Gasteiger partial charge is 0.213 e. The first-order chi connectivity index (χ1) is 8.92. The number of primary sulfonamides is 1. The van der Waals surface area contributed by atoms with Crippen molar-refractivity contribution in [1.82, 2.24) is 0 Å². The Bertz CT molecular complexity index is 503. The summed E-state index contributed by atoms with van der Waals surface area (Å²) in [5.41, 5.74) is 1.78. The van der Waals surface area contributed by atoms with Crippen molar-refractivity contribution in [3.05, 3.63) is 29.8 Å². The van der Waals surface area contributed by atoms with Crippen molar-refractivity contribution in [3.63, 3.8) is 0 Å². The zero-order chi connectivity index (χ0) is 13.9. The maximum Gasteiger partial charge on any atom is 0.213 e. The third-order valence-corrected chi connectivity index (χ3v) is 4.44. The Morgan fingerprint density at radius 1 is 1.16 bits per heavy atom. The molecule has 1 aromatic carbocycles. The van der Waals surface area contributed by atoms with E-state index in [2.05, 4.69) is 12.2 Å². The van der Waals surface area contributed by atoms with E-state index in [0.29, 0.717) is 6.04 Å². The van der Waals surface area contributed by atoms with Crippen molar-refractivity contribution in [1.29, 1.82) is 0 Å².